The van der Waals surface area contributed by atoms with Gasteiger partial charge in [-0.25, -0.2) is 26.0 Å². The normalized spacial score (nSPS) is 26.3. The molecule has 244 valence electrons. The molecule has 5 rings (SSSR count). The lowest BCUT2D eigenvalue weighted by molar-refractivity contribution is -0.116. The van der Waals surface area contributed by atoms with E-state index in [1.807, 2.05) is 0 Å². The van der Waals surface area contributed by atoms with Crippen LogP contribution in [0.3, 0.4) is 0 Å². The number of piperazine rings is 1. The SMILES string of the molecule is CC1C([C@@H](CC(=O)Nc2cncc(F)c2C[C@@H]2C[C@]23CNCCN3S(=O)(=O)CC(F)(F)F)c2ccc(F)cc2)=CC(F)=CC1F. The fourth-order valence-electron chi connectivity index (χ4n) is 6.42. The number of hydrogen-bond acceptors (Lipinski definition) is 5. The van der Waals surface area contributed by atoms with Crippen molar-refractivity contribution in [2.24, 2.45) is 11.8 Å². The summed E-state index contributed by atoms with van der Waals surface area (Å²) < 4.78 is 123. The van der Waals surface area contributed by atoms with Crippen molar-refractivity contribution in [3.63, 3.8) is 0 Å². The molecule has 2 aromatic rings. The smallest absolute Gasteiger partial charge is 0.324 e. The van der Waals surface area contributed by atoms with Crippen LogP contribution in [0, 0.1) is 23.5 Å². The predicted octanol–water partition coefficient (Wildman–Crippen LogP) is 5.34. The number of nitrogens with one attached hydrogen (secondary N) is 2. The summed E-state index contributed by atoms with van der Waals surface area (Å²) in [5, 5.41) is 5.61. The van der Waals surface area contributed by atoms with Crippen LogP contribution in [0.2, 0.25) is 0 Å². The zero-order valence-electron chi connectivity index (χ0n) is 24.1. The summed E-state index contributed by atoms with van der Waals surface area (Å²) in [5.74, 6) is -7.08. The van der Waals surface area contributed by atoms with Crippen LogP contribution in [0.1, 0.15) is 36.8 Å². The van der Waals surface area contributed by atoms with E-state index in [9.17, 15) is 39.6 Å². The van der Waals surface area contributed by atoms with E-state index in [-0.39, 0.29) is 55.7 Å². The Kier molecular flexibility index (Phi) is 9.17. The zero-order valence-corrected chi connectivity index (χ0v) is 24.9. The van der Waals surface area contributed by atoms with Gasteiger partial charge in [-0.15, -0.1) is 0 Å². The van der Waals surface area contributed by atoms with Gasteiger partial charge >= 0.3 is 6.18 Å². The number of aromatic nitrogens is 1. The molecule has 1 saturated heterocycles. The molecule has 2 N–H and O–H groups in total. The molecule has 1 aromatic heterocycles. The number of amides is 1. The Bertz CT molecular complexity index is 1610. The summed E-state index contributed by atoms with van der Waals surface area (Å²) in [5.41, 5.74) is -0.536. The van der Waals surface area contributed by atoms with Crippen LogP contribution in [-0.2, 0) is 21.2 Å². The van der Waals surface area contributed by atoms with Gasteiger partial charge in [0, 0.05) is 43.5 Å². The fourth-order valence-corrected chi connectivity index (χ4v) is 8.20. The zero-order chi connectivity index (χ0) is 32.7. The van der Waals surface area contributed by atoms with Gasteiger partial charge in [0.05, 0.1) is 23.6 Å². The molecule has 2 unspecified atom stereocenters. The van der Waals surface area contributed by atoms with Gasteiger partial charge < -0.3 is 10.6 Å². The number of benzene rings is 1. The Labute approximate surface area is 255 Å². The van der Waals surface area contributed by atoms with Crippen molar-refractivity contribution >= 4 is 21.6 Å². The van der Waals surface area contributed by atoms with Crippen LogP contribution in [0.15, 0.2) is 60.2 Å². The molecular formula is C30H31F7N4O3S. The minimum atomic E-state index is -4.94. The average Bonchev–Trinajstić information content (AvgIpc) is 3.61. The Hall–Kier alpha value is -3.30. The Morgan fingerprint density at radius 1 is 1.18 bits per heavy atom. The molecule has 15 heteroatoms. The van der Waals surface area contributed by atoms with Crippen molar-refractivity contribution < 1.29 is 43.9 Å². The summed E-state index contributed by atoms with van der Waals surface area (Å²) >= 11 is 0. The van der Waals surface area contributed by atoms with Crippen LogP contribution in [0.4, 0.5) is 36.4 Å². The molecule has 0 bridgehead atoms. The number of carbonyl (C=O) groups excluding carboxylic acids is 1. The minimum absolute atomic E-state index is 0.0136. The fraction of sp³-hybridized carbons (Fsp3) is 0.467. The number of rotatable bonds is 9. The second-order valence-electron chi connectivity index (χ2n) is 11.8. The topological polar surface area (TPSA) is 91.4 Å². The number of alkyl halides is 4. The molecular weight excluding hydrogens is 629 g/mol. The molecule has 0 radical (unpaired) electrons. The Morgan fingerprint density at radius 3 is 2.58 bits per heavy atom. The van der Waals surface area contributed by atoms with Gasteiger partial charge in [0.25, 0.3) is 0 Å². The van der Waals surface area contributed by atoms with Gasteiger partial charge in [-0.3, -0.25) is 9.78 Å². The number of halogens is 7. The Morgan fingerprint density at radius 2 is 1.89 bits per heavy atom. The van der Waals surface area contributed by atoms with Gasteiger partial charge in [-0.1, -0.05) is 24.6 Å². The second kappa shape index (κ2) is 12.5. The maximum Gasteiger partial charge on any atom is 0.404 e. The molecule has 1 aromatic carbocycles. The highest BCUT2D eigenvalue weighted by molar-refractivity contribution is 7.89. The van der Waals surface area contributed by atoms with Gasteiger partial charge in [0.1, 0.15) is 23.6 Å². The van der Waals surface area contributed by atoms with E-state index in [0.717, 1.165) is 34.8 Å². The summed E-state index contributed by atoms with van der Waals surface area (Å²) in [6.45, 7) is 1.60. The van der Waals surface area contributed by atoms with E-state index < -0.39 is 74.8 Å². The quantitative estimate of drug-likeness (QED) is 0.355. The summed E-state index contributed by atoms with van der Waals surface area (Å²) in [7, 11) is -4.71. The van der Waals surface area contributed by atoms with Crippen molar-refractivity contribution in [3.05, 3.63) is 83.0 Å². The standard InChI is InChI=1S/C30H31F7N4O3S/c1-17-22(9-21(32)10-25(17)33)23(18-2-4-20(31)5-3-18)11-28(42)40-27-14-39-13-26(34)24(27)8-19-12-29(19)15-38-6-7-41(29)45(43,44)16-30(35,36)37/h2-5,9-10,13-14,17,19,23,25,38H,6-8,11-12,15-16H2,1H3,(H,40,42)/t17?,19-,23+,25?,29+/m1/s1. The highest BCUT2D eigenvalue weighted by Gasteiger charge is 2.62. The lowest BCUT2D eigenvalue weighted by atomic mass is 9.78. The maximum atomic E-state index is 15.1. The van der Waals surface area contributed by atoms with E-state index in [2.05, 4.69) is 15.6 Å². The highest BCUT2D eigenvalue weighted by atomic mass is 32.2. The molecule has 5 atom stereocenters. The van der Waals surface area contributed by atoms with Crippen molar-refractivity contribution in [3.8, 4) is 0 Å². The van der Waals surface area contributed by atoms with Crippen molar-refractivity contribution in [2.75, 3.05) is 30.7 Å². The van der Waals surface area contributed by atoms with Gasteiger partial charge in [-0.05, 0) is 48.6 Å². The number of nitrogens with zero attached hydrogens (tertiary/aromatic N) is 2. The number of allylic oxidation sites excluding steroid dienone is 4. The molecule has 3 aliphatic rings. The van der Waals surface area contributed by atoms with E-state index >= 15 is 4.39 Å². The van der Waals surface area contributed by atoms with Gasteiger partial charge in [0.15, 0.2) is 5.75 Å². The van der Waals surface area contributed by atoms with E-state index in [4.69, 9.17) is 0 Å². The maximum absolute atomic E-state index is 15.1. The number of carbonyl (C=O) groups is 1. The molecule has 1 aliphatic heterocycles. The first-order valence-corrected chi connectivity index (χ1v) is 15.9. The van der Waals surface area contributed by atoms with Crippen molar-refractivity contribution in [2.45, 2.75) is 50.0 Å². The van der Waals surface area contributed by atoms with Gasteiger partial charge in [-0.2, -0.15) is 17.5 Å². The number of sulfonamides is 1. The summed E-state index contributed by atoms with van der Waals surface area (Å²) in [6, 6.07) is 5.13. The Balaban J connectivity index is 1.37. The summed E-state index contributed by atoms with van der Waals surface area (Å²) in [4.78, 5) is 17.2. The average molecular weight is 661 g/mol. The molecule has 2 aliphatic carbocycles. The highest BCUT2D eigenvalue weighted by Crippen LogP contribution is 2.53. The monoisotopic (exact) mass is 660 g/mol. The second-order valence-corrected chi connectivity index (χ2v) is 13.7. The minimum Gasteiger partial charge on any atom is -0.324 e. The molecule has 2 fully saturated rings. The van der Waals surface area contributed by atoms with E-state index in [1.165, 1.54) is 25.3 Å². The van der Waals surface area contributed by atoms with Gasteiger partial charge in [0.2, 0.25) is 15.9 Å². The van der Waals surface area contributed by atoms with Crippen LogP contribution in [0.25, 0.3) is 0 Å². The van der Waals surface area contributed by atoms with E-state index in [1.54, 1.807) is 0 Å². The molecule has 7 nitrogen and oxygen atoms in total. The molecule has 1 amide bonds. The van der Waals surface area contributed by atoms with Crippen LogP contribution in [0.5, 0.6) is 0 Å². The first kappa shape index (κ1) is 33.1. The van der Waals surface area contributed by atoms with Crippen LogP contribution < -0.4 is 10.6 Å². The van der Waals surface area contributed by atoms with Crippen LogP contribution >= 0.6 is 0 Å². The third-order valence-electron chi connectivity index (χ3n) is 8.72. The first-order chi connectivity index (χ1) is 21.1. The number of pyridine rings is 1. The van der Waals surface area contributed by atoms with Crippen molar-refractivity contribution in [1.29, 1.82) is 0 Å². The molecule has 1 saturated carbocycles. The number of anilines is 1. The van der Waals surface area contributed by atoms with E-state index in [0.29, 0.717) is 5.56 Å². The molecule has 1 spiro atoms. The lowest BCUT2D eigenvalue weighted by Crippen LogP contribution is -2.58. The summed E-state index contributed by atoms with van der Waals surface area (Å²) in [6.07, 6.45) is -2.81. The first-order valence-electron chi connectivity index (χ1n) is 14.3. The van der Waals surface area contributed by atoms with Crippen LogP contribution in [-0.4, -0.2) is 66.9 Å². The lowest BCUT2D eigenvalue weighted by Gasteiger charge is -2.37. The molecule has 45 heavy (non-hydrogen) atoms. The third kappa shape index (κ3) is 7.25. The third-order valence-corrected chi connectivity index (χ3v) is 10.6. The predicted molar refractivity (Wildman–Crippen MR) is 152 cm³/mol. The molecule has 2 heterocycles. The van der Waals surface area contributed by atoms with Crippen molar-refractivity contribution in [1.82, 2.24) is 14.6 Å². The number of hydrogen-bond donors (Lipinski definition) is 2. The largest absolute Gasteiger partial charge is 0.404 e.